The molecule has 0 atom stereocenters. The van der Waals surface area contributed by atoms with Gasteiger partial charge in [0.05, 0.1) is 0 Å². The van der Waals surface area contributed by atoms with Crippen molar-refractivity contribution in [3.05, 3.63) is 18.2 Å². The molecule has 7 nitrogen and oxygen atoms in total. The summed E-state index contributed by atoms with van der Waals surface area (Å²) in [6.07, 6.45) is 3.96. The van der Waals surface area contributed by atoms with Crippen molar-refractivity contribution in [2.75, 3.05) is 12.3 Å². The Morgan fingerprint density at radius 3 is 2.94 bits per heavy atom. The number of hydrogen-bond acceptors (Lipinski definition) is 7. The molecule has 0 spiro atoms. The summed E-state index contributed by atoms with van der Waals surface area (Å²) >= 11 is 0. The van der Waals surface area contributed by atoms with Gasteiger partial charge < -0.3 is 15.0 Å². The largest absolute Gasteiger partial charge is 0.382 e. The Bertz CT molecular complexity index is 485. The van der Waals surface area contributed by atoms with Crippen molar-refractivity contribution in [3.8, 4) is 11.6 Å². The maximum absolute atomic E-state index is 5.65. The lowest BCUT2D eigenvalue weighted by Crippen LogP contribution is -1.97. The summed E-state index contributed by atoms with van der Waals surface area (Å²) in [6.45, 7) is 3.01. The van der Waals surface area contributed by atoms with E-state index in [-0.39, 0.29) is 11.7 Å². The van der Waals surface area contributed by atoms with E-state index in [0.717, 1.165) is 6.42 Å². The molecule has 2 aromatic heterocycles. The molecule has 0 aliphatic carbocycles. The molecule has 0 saturated carbocycles. The monoisotopic (exact) mass is 235 g/mol. The molecule has 0 fully saturated rings. The van der Waals surface area contributed by atoms with Gasteiger partial charge >= 0.3 is 0 Å². The van der Waals surface area contributed by atoms with Gasteiger partial charge in [0.25, 0.3) is 5.89 Å². The third-order valence-electron chi connectivity index (χ3n) is 1.98. The molecular formula is C10H13N5O2. The summed E-state index contributed by atoms with van der Waals surface area (Å²) in [5, 5.41) is 3.77. The average Bonchev–Trinajstić information content (AvgIpc) is 2.79. The predicted octanol–water partition coefficient (Wildman–Crippen LogP) is 1.04. The molecule has 0 saturated heterocycles. The highest BCUT2D eigenvalue weighted by molar-refractivity contribution is 5.61. The molecule has 0 aromatic carbocycles. The van der Waals surface area contributed by atoms with Gasteiger partial charge in [-0.3, -0.25) is 0 Å². The zero-order valence-corrected chi connectivity index (χ0v) is 9.46. The molecule has 17 heavy (non-hydrogen) atoms. The fourth-order valence-corrected chi connectivity index (χ4v) is 1.23. The van der Waals surface area contributed by atoms with Crippen molar-refractivity contribution in [2.45, 2.75) is 20.0 Å². The Labute approximate surface area is 98.0 Å². The third-order valence-corrected chi connectivity index (χ3v) is 1.98. The molecule has 0 bridgehead atoms. The Morgan fingerprint density at radius 2 is 2.18 bits per heavy atom. The first-order valence-electron chi connectivity index (χ1n) is 5.28. The maximum Gasteiger partial charge on any atom is 0.280 e. The van der Waals surface area contributed by atoms with E-state index >= 15 is 0 Å². The normalized spacial score (nSPS) is 10.6. The summed E-state index contributed by atoms with van der Waals surface area (Å²) in [5.74, 6) is 0.987. The maximum atomic E-state index is 5.65. The minimum absolute atomic E-state index is 0.255. The highest BCUT2D eigenvalue weighted by Crippen LogP contribution is 2.18. The van der Waals surface area contributed by atoms with Crippen molar-refractivity contribution in [3.63, 3.8) is 0 Å². The van der Waals surface area contributed by atoms with E-state index in [4.69, 9.17) is 15.0 Å². The first-order chi connectivity index (χ1) is 8.31. The summed E-state index contributed by atoms with van der Waals surface area (Å²) in [6, 6.07) is 0. The Balaban J connectivity index is 2.10. The van der Waals surface area contributed by atoms with Gasteiger partial charge in [0.15, 0.2) is 17.3 Å². The van der Waals surface area contributed by atoms with Crippen molar-refractivity contribution in [1.29, 1.82) is 0 Å². The van der Waals surface area contributed by atoms with Crippen LogP contribution in [0.1, 0.15) is 19.2 Å². The van der Waals surface area contributed by atoms with Crippen LogP contribution in [-0.4, -0.2) is 26.7 Å². The topological polar surface area (TPSA) is 100.0 Å². The van der Waals surface area contributed by atoms with Crippen LogP contribution in [0.5, 0.6) is 0 Å². The second-order valence-corrected chi connectivity index (χ2v) is 3.36. The Morgan fingerprint density at radius 1 is 1.35 bits per heavy atom. The molecule has 0 aliphatic heterocycles. The number of anilines is 1. The summed E-state index contributed by atoms with van der Waals surface area (Å²) in [5.41, 5.74) is 6.04. The summed E-state index contributed by atoms with van der Waals surface area (Å²) in [4.78, 5) is 12.1. The molecule has 2 heterocycles. The van der Waals surface area contributed by atoms with Crippen LogP contribution in [0.15, 0.2) is 16.9 Å². The number of nitrogen functional groups attached to an aromatic ring is 1. The number of nitrogens with zero attached hydrogens (tertiary/aromatic N) is 4. The molecule has 90 valence electrons. The van der Waals surface area contributed by atoms with Crippen molar-refractivity contribution >= 4 is 5.82 Å². The summed E-state index contributed by atoms with van der Waals surface area (Å²) in [7, 11) is 0. The second-order valence-electron chi connectivity index (χ2n) is 3.36. The highest BCUT2D eigenvalue weighted by atomic mass is 16.5. The van der Waals surface area contributed by atoms with Crippen molar-refractivity contribution in [1.82, 2.24) is 20.1 Å². The molecule has 0 aliphatic rings. The van der Waals surface area contributed by atoms with E-state index in [2.05, 4.69) is 20.1 Å². The van der Waals surface area contributed by atoms with E-state index in [1.165, 1.54) is 12.4 Å². The van der Waals surface area contributed by atoms with Crippen LogP contribution < -0.4 is 5.73 Å². The zero-order chi connectivity index (χ0) is 12.1. The van der Waals surface area contributed by atoms with Crippen LogP contribution in [0.2, 0.25) is 0 Å². The van der Waals surface area contributed by atoms with Gasteiger partial charge in [-0.1, -0.05) is 12.1 Å². The quantitative estimate of drug-likeness (QED) is 0.772. The number of ether oxygens (including phenoxy) is 1. The van der Waals surface area contributed by atoms with E-state index in [1.54, 1.807) is 0 Å². The van der Waals surface area contributed by atoms with Gasteiger partial charge in [-0.05, 0) is 6.42 Å². The standard InChI is InChI=1S/C10H13N5O2/c1-2-5-16-6-7-14-10(17-15-7)8-9(11)13-4-3-12-8/h3-4H,2,5-6H2,1H3,(H2,11,13). The van der Waals surface area contributed by atoms with Crippen LogP contribution in [0.25, 0.3) is 11.6 Å². The number of nitrogens with two attached hydrogens (primary N) is 1. The molecule has 0 radical (unpaired) electrons. The van der Waals surface area contributed by atoms with E-state index in [0.29, 0.717) is 24.7 Å². The first kappa shape index (κ1) is 11.5. The minimum atomic E-state index is 0.255. The molecule has 7 heteroatoms. The van der Waals surface area contributed by atoms with Crippen LogP contribution in [0.3, 0.4) is 0 Å². The first-order valence-corrected chi connectivity index (χ1v) is 5.28. The molecule has 2 N–H and O–H groups in total. The van der Waals surface area contributed by atoms with Crippen LogP contribution in [0.4, 0.5) is 5.82 Å². The molecule has 0 unspecified atom stereocenters. The molecule has 2 aromatic rings. The molecule has 2 rings (SSSR count). The van der Waals surface area contributed by atoms with Gasteiger partial charge in [0, 0.05) is 19.0 Å². The summed E-state index contributed by atoms with van der Waals surface area (Å²) < 4.78 is 10.3. The van der Waals surface area contributed by atoms with E-state index in [1.807, 2.05) is 6.92 Å². The van der Waals surface area contributed by atoms with Crippen molar-refractivity contribution in [2.24, 2.45) is 0 Å². The van der Waals surface area contributed by atoms with Crippen LogP contribution >= 0.6 is 0 Å². The lowest BCUT2D eigenvalue weighted by molar-refractivity contribution is 0.114. The van der Waals surface area contributed by atoms with E-state index in [9.17, 15) is 0 Å². The Kier molecular flexibility index (Phi) is 3.61. The van der Waals surface area contributed by atoms with Gasteiger partial charge in [0.1, 0.15) is 6.61 Å². The second kappa shape index (κ2) is 5.35. The van der Waals surface area contributed by atoms with Gasteiger partial charge in [-0.25, -0.2) is 9.97 Å². The molecular weight excluding hydrogens is 222 g/mol. The van der Waals surface area contributed by atoms with Gasteiger partial charge in [0.2, 0.25) is 0 Å². The lowest BCUT2D eigenvalue weighted by atomic mass is 10.4. The average molecular weight is 235 g/mol. The lowest BCUT2D eigenvalue weighted by Gasteiger charge is -1.96. The highest BCUT2D eigenvalue weighted by Gasteiger charge is 2.13. The zero-order valence-electron chi connectivity index (χ0n) is 9.46. The minimum Gasteiger partial charge on any atom is -0.382 e. The number of aromatic nitrogens is 4. The fraction of sp³-hybridized carbons (Fsp3) is 0.400. The predicted molar refractivity (Wildman–Crippen MR) is 59.7 cm³/mol. The third kappa shape index (κ3) is 2.76. The van der Waals surface area contributed by atoms with Crippen LogP contribution in [-0.2, 0) is 11.3 Å². The van der Waals surface area contributed by atoms with E-state index < -0.39 is 0 Å². The Hall–Kier alpha value is -2.02. The van der Waals surface area contributed by atoms with Crippen molar-refractivity contribution < 1.29 is 9.26 Å². The number of rotatable bonds is 5. The SMILES string of the molecule is CCCOCc1noc(-c2nccnc2N)n1. The van der Waals surface area contributed by atoms with Gasteiger partial charge in [-0.2, -0.15) is 4.98 Å². The molecule has 0 amide bonds. The van der Waals surface area contributed by atoms with Gasteiger partial charge in [-0.15, -0.1) is 0 Å². The number of hydrogen-bond donors (Lipinski definition) is 1. The smallest absolute Gasteiger partial charge is 0.280 e. The van der Waals surface area contributed by atoms with Crippen LogP contribution in [0, 0.1) is 0 Å². The fourth-order valence-electron chi connectivity index (χ4n) is 1.23.